The van der Waals surface area contributed by atoms with Crippen molar-refractivity contribution < 1.29 is 18.3 Å². The molecule has 0 amide bonds. The molecule has 4 atom stereocenters. The summed E-state index contributed by atoms with van der Waals surface area (Å²) in [6.45, 7) is 17.2. The number of anilines is 2. The molecule has 0 bridgehead atoms. The normalized spacial score (nSPS) is 23.1. The van der Waals surface area contributed by atoms with Gasteiger partial charge in [0.1, 0.15) is 55.7 Å². The topological polar surface area (TPSA) is 89.6 Å². The molecule has 13 heteroatoms. The van der Waals surface area contributed by atoms with Crippen LogP contribution in [0.25, 0.3) is 10.9 Å². The molecule has 3 aliphatic heterocycles. The molecule has 2 saturated heterocycles. The van der Waals surface area contributed by atoms with E-state index in [1.165, 1.54) is 0 Å². The molecule has 2 fully saturated rings. The molecule has 3 aromatic rings. The fraction of sp³-hybridized carbons (Fsp3) is 0.583. The molecule has 5 heterocycles. The molecular formula is C36H46BrClF2N6O2Si. The molecule has 1 unspecified atom stereocenters. The number of fused-ring (bicyclic) bond motifs is 1. The van der Waals surface area contributed by atoms with Crippen molar-refractivity contribution >= 4 is 58.1 Å². The Labute approximate surface area is 302 Å². The van der Waals surface area contributed by atoms with Crippen molar-refractivity contribution in [2.45, 2.75) is 108 Å². The molecule has 8 nitrogen and oxygen atoms in total. The van der Waals surface area contributed by atoms with Gasteiger partial charge in [-0.15, -0.1) is 5.54 Å². The second kappa shape index (κ2) is 13.8. The van der Waals surface area contributed by atoms with Gasteiger partial charge < -0.3 is 20.1 Å². The number of halogens is 4. The molecule has 3 aliphatic rings. The zero-order valence-corrected chi connectivity index (χ0v) is 32.6. The van der Waals surface area contributed by atoms with Crippen LogP contribution >= 0.6 is 27.5 Å². The average Bonchev–Trinajstić information content (AvgIpc) is 3.52. The third-order valence-electron chi connectivity index (χ3n) is 11.1. The van der Waals surface area contributed by atoms with Crippen LogP contribution in [-0.4, -0.2) is 72.0 Å². The fourth-order valence-electron chi connectivity index (χ4n) is 8.77. The van der Waals surface area contributed by atoms with Gasteiger partial charge in [0.05, 0.1) is 21.4 Å². The second-order valence-electron chi connectivity index (χ2n) is 14.7. The summed E-state index contributed by atoms with van der Waals surface area (Å²) in [4.78, 5) is 18.2. The highest BCUT2D eigenvalue weighted by molar-refractivity contribution is 9.10. The summed E-state index contributed by atoms with van der Waals surface area (Å²) in [6.07, 6.45) is 2.90. The van der Waals surface area contributed by atoms with Crippen LogP contribution in [0.3, 0.4) is 0 Å². The van der Waals surface area contributed by atoms with Crippen molar-refractivity contribution in [1.82, 2.24) is 19.9 Å². The van der Waals surface area contributed by atoms with Crippen molar-refractivity contribution in [2.75, 3.05) is 36.9 Å². The van der Waals surface area contributed by atoms with Crippen molar-refractivity contribution in [3.63, 3.8) is 0 Å². The first kappa shape index (κ1) is 36.1. The molecule has 1 aromatic carbocycles. The first-order chi connectivity index (χ1) is 23.2. The van der Waals surface area contributed by atoms with Gasteiger partial charge in [-0.3, -0.25) is 4.90 Å². The minimum Gasteiger partial charge on any atom is -0.488 e. The van der Waals surface area contributed by atoms with Crippen molar-refractivity contribution in [1.29, 1.82) is 0 Å². The van der Waals surface area contributed by atoms with E-state index >= 15 is 4.39 Å². The predicted octanol–water partition coefficient (Wildman–Crippen LogP) is 8.67. The number of hydrogen-bond donors (Lipinski definition) is 1. The van der Waals surface area contributed by atoms with Crippen LogP contribution in [0.2, 0.25) is 21.6 Å². The summed E-state index contributed by atoms with van der Waals surface area (Å²) in [5.74, 6) is 4.03. The maximum Gasteiger partial charge on any atom is 0.319 e. The maximum atomic E-state index is 16.2. The minimum atomic E-state index is -2.18. The van der Waals surface area contributed by atoms with Crippen LogP contribution in [0.5, 0.6) is 11.8 Å². The van der Waals surface area contributed by atoms with Crippen LogP contribution < -0.4 is 20.1 Å². The molecule has 0 aliphatic carbocycles. The van der Waals surface area contributed by atoms with E-state index in [1.807, 2.05) is 24.0 Å². The molecule has 2 aromatic heterocycles. The van der Waals surface area contributed by atoms with Gasteiger partial charge in [0.15, 0.2) is 11.6 Å². The third-order valence-corrected chi connectivity index (χ3v) is 18.8. The van der Waals surface area contributed by atoms with E-state index in [9.17, 15) is 4.39 Å². The van der Waals surface area contributed by atoms with E-state index in [4.69, 9.17) is 31.8 Å². The van der Waals surface area contributed by atoms with Crippen LogP contribution in [-0.2, 0) is 0 Å². The molecule has 2 N–H and O–H groups in total. The Bertz CT molecular complexity index is 1780. The Kier molecular flexibility index (Phi) is 10.1. The minimum absolute atomic E-state index is 0.00192. The largest absolute Gasteiger partial charge is 0.488 e. The lowest BCUT2D eigenvalue weighted by molar-refractivity contribution is 0.107. The molecule has 0 spiro atoms. The van der Waals surface area contributed by atoms with Gasteiger partial charge in [-0.05, 0) is 64.9 Å². The number of hydrogen-bond acceptors (Lipinski definition) is 8. The number of nitrogens with two attached hydrogens (primary N) is 1. The lowest BCUT2D eigenvalue weighted by atomic mass is 9.95. The second-order valence-corrected chi connectivity index (χ2v) is 21.5. The van der Waals surface area contributed by atoms with E-state index in [0.717, 1.165) is 24.9 Å². The molecule has 0 saturated carbocycles. The zero-order chi connectivity index (χ0) is 35.4. The van der Waals surface area contributed by atoms with E-state index in [-0.39, 0.29) is 40.0 Å². The summed E-state index contributed by atoms with van der Waals surface area (Å²) >= 11 is 10.1. The van der Waals surface area contributed by atoms with Gasteiger partial charge in [0.2, 0.25) is 0 Å². The highest BCUT2D eigenvalue weighted by Crippen LogP contribution is 2.49. The van der Waals surface area contributed by atoms with E-state index < -0.39 is 37.7 Å². The third kappa shape index (κ3) is 6.17. The highest BCUT2D eigenvalue weighted by atomic mass is 79.9. The first-order valence-corrected chi connectivity index (χ1v) is 20.7. The van der Waals surface area contributed by atoms with Gasteiger partial charge >= 0.3 is 6.01 Å². The Hall–Kier alpha value is -2.72. The number of alkyl halides is 1. The van der Waals surface area contributed by atoms with Gasteiger partial charge in [-0.2, -0.15) is 9.97 Å². The predicted molar refractivity (Wildman–Crippen MR) is 198 cm³/mol. The quantitative estimate of drug-likeness (QED) is 0.138. The summed E-state index contributed by atoms with van der Waals surface area (Å²) in [5, 5.41) is 0.406. The van der Waals surface area contributed by atoms with Crippen molar-refractivity contribution in [2.24, 2.45) is 0 Å². The van der Waals surface area contributed by atoms with E-state index in [2.05, 4.69) is 83.8 Å². The summed E-state index contributed by atoms with van der Waals surface area (Å²) < 4.78 is 43.7. The molecule has 264 valence electrons. The zero-order valence-electron chi connectivity index (χ0n) is 29.3. The number of benzene rings is 1. The van der Waals surface area contributed by atoms with E-state index in [1.54, 1.807) is 6.20 Å². The number of pyridine rings is 1. The molecule has 49 heavy (non-hydrogen) atoms. The number of rotatable bonds is 8. The SMILES string of the molecule is CC(c1cccnc1N)N1c2nc(OC[C@@]34CCCN3C[C@H](F)C4)nc3c(F)c(Br)c(Cl)c(c23)OC[C@@H]1C#C[Si](C(C)C)(C(C)C)C(C)C. The lowest BCUT2D eigenvalue weighted by Crippen LogP contribution is -2.45. The maximum absolute atomic E-state index is 16.2. The Morgan fingerprint density at radius 3 is 2.57 bits per heavy atom. The van der Waals surface area contributed by atoms with Crippen LogP contribution in [0.1, 0.15) is 79.3 Å². The van der Waals surface area contributed by atoms with Gasteiger partial charge in [0, 0.05) is 24.7 Å². The summed E-state index contributed by atoms with van der Waals surface area (Å²) in [7, 11) is -2.18. The van der Waals surface area contributed by atoms with Gasteiger partial charge in [-0.1, -0.05) is 65.1 Å². The summed E-state index contributed by atoms with van der Waals surface area (Å²) in [5.41, 5.74) is 11.9. The van der Waals surface area contributed by atoms with E-state index in [0.29, 0.717) is 46.6 Å². The molecular weight excluding hydrogens is 730 g/mol. The standard InChI is InChI=1S/C36H46BrClF2N6O2Si/c1-20(2)49(21(3)4,22(5)6)15-11-25-18-47-32-27-31(30(40)28(37)29(32)38)43-35(48-19-36-12-9-14-45(36)17-24(39)16-36)44-34(27)46(25)23(7)26-10-8-13-42-33(26)41/h8,10,13,20-25H,9,12,14,16-19H2,1-7H3,(H2,41,42)/t23?,24-,25+,36+/m1/s1. The fourth-order valence-corrected chi connectivity index (χ4v) is 14.7. The van der Waals surface area contributed by atoms with Crippen LogP contribution in [0, 0.1) is 17.3 Å². The average molecular weight is 776 g/mol. The van der Waals surface area contributed by atoms with Crippen LogP contribution in [0.4, 0.5) is 20.4 Å². The number of aromatic nitrogens is 3. The Balaban J connectivity index is 1.56. The Morgan fingerprint density at radius 1 is 1.18 bits per heavy atom. The van der Waals surface area contributed by atoms with Gasteiger partial charge in [0.25, 0.3) is 0 Å². The molecule has 6 rings (SSSR count). The number of nitrogen functional groups attached to an aromatic ring is 1. The van der Waals surface area contributed by atoms with Gasteiger partial charge in [-0.25, -0.2) is 13.8 Å². The van der Waals surface area contributed by atoms with Crippen LogP contribution in [0.15, 0.2) is 22.8 Å². The summed E-state index contributed by atoms with van der Waals surface area (Å²) in [6, 6.07) is 2.80. The molecule has 0 radical (unpaired) electrons. The monoisotopic (exact) mass is 774 g/mol. The smallest absolute Gasteiger partial charge is 0.319 e. The number of nitrogens with zero attached hydrogens (tertiary/aromatic N) is 5. The Morgan fingerprint density at radius 2 is 1.90 bits per heavy atom. The lowest BCUT2D eigenvalue weighted by Gasteiger charge is -2.39. The first-order valence-electron chi connectivity index (χ1n) is 17.3. The number of ether oxygens (including phenoxy) is 2. The van der Waals surface area contributed by atoms with Crippen molar-refractivity contribution in [3.8, 4) is 23.2 Å². The highest BCUT2D eigenvalue weighted by Gasteiger charge is 2.49. The van der Waals surface area contributed by atoms with Crippen molar-refractivity contribution in [3.05, 3.63) is 39.2 Å².